The zero-order valence-corrected chi connectivity index (χ0v) is 13.8. The average Bonchev–Trinajstić information content (AvgIpc) is 2.56. The Hall–Kier alpha value is -2.60. The molecule has 0 aliphatic rings. The van der Waals surface area contributed by atoms with Crippen molar-refractivity contribution in [3.63, 3.8) is 0 Å². The summed E-state index contributed by atoms with van der Waals surface area (Å²) in [5.41, 5.74) is 0.502. The van der Waals surface area contributed by atoms with Crippen LogP contribution in [0.3, 0.4) is 0 Å². The summed E-state index contributed by atoms with van der Waals surface area (Å²) in [4.78, 5) is 24.0. The SMILES string of the molecule is COc1ccc(C(=O)O[C@H](C)C(=O)Nc2ccc(Cl)cc2)cc1F. The smallest absolute Gasteiger partial charge is 0.339 e. The van der Waals surface area contributed by atoms with Gasteiger partial charge in [0, 0.05) is 10.7 Å². The molecule has 0 aromatic heterocycles. The molecular formula is C17H15ClFNO4. The van der Waals surface area contributed by atoms with E-state index in [2.05, 4.69) is 5.32 Å². The van der Waals surface area contributed by atoms with Crippen LogP contribution >= 0.6 is 11.6 Å². The molecule has 5 nitrogen and oxygen atoms in total. The fraction of sp³-hybridized carbons (Fsp3) is 0.176. The van der Waals surface area contributed by atoms with Crippen LogP contribution in [0.1, 0.15) is 17.3 Å². The summed E-state index contributed by atoms with van der Waals surface area (Å²) in [6.07, 6.45) is -1.06. The van der Waals surface area contributed by atoms with E-state index in [4.69, 9.17) is 21.1 Å². The number of methoxy groups -OCH3 is 1. The lowest BCUT2D eigenvalue weighted by Crippen LogP contribution is -2.30. The third-order valence-corrected chi connectivity index (χ3v) is 3.40. The monoisotopic (exact) mass is 351 g/mol. The van der Waals surface area contributed by atoms with Crippen molar-refractivity contribution in [1.82, 2.24) is 0 Å². The number of benzene rings is 2. The lowest BCUT2D eigenvalue weighted by Gasteiger charge is -2.14. The number of carbonyl (C=O) groups excluding carboxylic acids is 2. The van der Waals surface area contributed by atoms with E-state index in [0.717, 1.165) is 6.07 Å². The first-order valence-electron chi connectivity index (χ1n) is 7.01. The van der Waals surface area contributed by atoms with Crippen molar-refractivity contribution in [1.29, 1.82) is 0 Å². The number of anilines is 1. The van der Waals surface area contributed by atoms with E-state index in [1.807, 2.05) is 0 Å². The van der Waals surface area contributed by atoms with Gasteiger partial charge in [-0.15, -0.1) is 0 Å². The molecule has 0 heterocycles. The number of esters is 1. The van der Waals surface area contributed by atoms with Crippen LogP contribution in [-0.4, -0.2) is 25.1 Å². The number of rotatable bonds is 5. The predicted octanol–water partition coefficient (Wildman–Crippen LogP) is 3.67. The quantitative estimate of drug-likeness (QED) is 0.835. The van der Waals surface area contributed by atoms with E-state index in [1.54, 1.807) is 24.3 Å². The second-order valence-corrected chi connectivity index (χ2v) is 5.33. The molecule has 0 spiro atoms. The van der Waals surface area contributed by atoms with Crippen LogP contribution in [0, 0.1) is 5.82 Å². The number of halogens is 2. The molecule has 1 atom stereocenters. The van der Waals surface area contributed by atoms with Gasteiger partial charge in [-0.1, -0.05) is 11.6 Å². The first-order chi connectivity index (χ1) is 11.4. The Morgan fingerprint density at radius 2 is 1.83 bits per heavy atom. The molecule has 7 heteroatoms. The Labute approximate surface area is 143 Å². The molecule has 0 aliphatic heterocycles. The van der Waals surface area contributed by atoms with Gasteiger partial charge in [0.15, 0.2) is 17.7 Å². The van der Waals surface area contributed by atoms with Gasteiger partial charge in [0.05, 0.1) is 12.7 Å². The highest BCUT2D eigenvalue weighted by atomic mass is 35.5. The summed E-state index contributed by atoms with van der Waals surface area (Å²) < 4.78 is 23.4. The van der Waals surface area contributed by atoms with Crippen LogP contribution in [-0.2, 0) is 9.53 Å². The van der Waals surface area contributed by atoms with Gasteiger partial charge in [0.1, 0.15) is 0 Å². The van der Waals surface area contributed by atoms with E-state index >= 15 is 0 Å². The summed E-state index contributed by atoms with van der Waals surface area (Å²) in [5.74, 6) is -2.00. The molecule has 2 aromatic rings. The molecule has 126 valence electrons. The Balaban J connectivity index is 1.98. The Morgan fingerprint density at radius 1 is 1.17 bits per heavy atom. The van der Waals surface area contributed by atoms with E-state index in [-0.39, 0.29) is 11.3 Å². The minimum absolute atomic E-state index is 0.0140. The van der Waals surface area contributed by atoms with E-state index < -0.39 is 23.8 Å². The van der Waals surface area contributed by atoms with Crippen molar-refractivity contribution < 1.29 is 23.5 Å². The molecule has 0 aliphatic carbocycles. The second kappa shape index (κ2) is 7.79. The maximum absolute atomic E-state index is 13.6. The molecular weight excluding hydrogens is 337 g/mol. The summed E-state index contributed by atoms with van der Waals surface area (Å²) >= 11 is 5.76. The fourth-order valence-electron chi connectivity index (χ4n) is 1.85. The number of ether oxygens (including phenoxy) is 2. The predicted molar refractivity (Wildman–Crippen MR) is 87.9 cm³/mol. The van der Waals surface area contributed by atoms with Crippen LogP contribution in [0.2, 0.25) is 5.02 Å². The highest BCUT2D eigenvalue weighted by Crippen LogP contribution is 2.19. The summed E-state index contributed by atoms with van der Waals surface area (Å²) in [6, 6.07) is 10.1. The fourth-order valence-corrected chi connectivity index (χ4v) is 1.98. The van der Waals surface area contributed by atoms with Gasteiger partial charge in [-0.3, -0.25) is 4.79 Å². The molecule has 2 aromatic carbocycles. The number of nitrogens with one attached hydrogen (secondary N) is 1. The van der Waals surface area contributed by atoms with Crippen molar-refractivity contribution in [3.05, 3.63) is 58.9 Å². The van der Waals surface area contributed by atoms with Gasteiger partial charge in [0.25, 0.3) is 5.91 Å². The third-order valence-electron chi connectivity index (χ3n) is 3.15. The number of hydrogen-bond acceptors (Lipinski definition) is 4. The maximum atomic E-state index is 13.6. The van der Waals surface area contributed by atoms with Gasteiger partial charge in [-0.25, -0.2) is 9.18 Å². The first-order valence-corrected chi connectivity index (χ1v) is 7.39. The Kier molecular flexibility index (Phi) is 5.76. The molecule has 2 rings (SSSR count). The van der Waals surface area contributed by atoms with Gasteiger partial charge in [-0.2, -0.15) is 0 Å². The summed E-state index contributed by atoms with van der Waals surface area (Å²) in [7, 11) is 1.32. The lowest BCUT2D eigenvalue weighted by atomic mass is 10.2. The molecule has 0 radical (unpaired) electrons. The van der Waals surface area contributed by atoms with Crippen molar-refractivity contribution in [2.24, 2.45) is 0 Å². The van der Waals surface area contributed by atoms with Crippen LogP contribution in [0.4, 0.5) is 10.1 Å². The zero-order valence-electron chi connectivity index (χ0n) is 13.0. The lowest BCUT2D eigenvalue weighted by molar-refractivity contribution is -0.123. The largest absolute Gasteiger partial charge is 0.494 e. The summed E-state index contributed by atoms with van der Waals surface area (Å²) in [6.45, 7) is 1.42. The minimum atomic E-state index is -1.06. The normalized spacial score (nSPS) is 11.5. The number of amides is 1. The molecule has 0 saturated heterocycles. The minimum Gasteiger partial charge on any atom is -0.494 e. The van der Waals surface area contributed by atoms with Gasteiger partial charge in [0.2, 0.25) is 0 Å². The van der Waals surface area contributed by atoms with Crippen LogP contribution in [0.5, 0.6) is 5.75 Å². The van der Waals surface area contributed by atoms with Gasteiger partial charge in [-0.05, 0) is 49.4 Å². The van der Waals surface area contributed by atoms with Crippen molar-refractivity contribution >= 4 is 29.2 Å². The molecule has 1 N–H and O–H groups in total. The first kappa shape index (κ1) is 17.7. The molecule has 1 amide bonds. The van der Waals surface area contributed by atoms with Crippen LogP contribution in [0.15, 0.2) is 42.5 Å². The molecule has 0 fully saturated rings. The molecule has 0 unspecified atom stereocenters. The van der Waals surface area contributed by atoms with E-state index in [0.29, 0.717) is 10.7 Å². The third kappa shape index (κ3) is 4.45. The molecule has 0 bridgehead atoms. The maximum Gasteiger partial charge on any atom is 0.339 e. The molecule has 24 heavy (non-hydrogen) atoms. The second-order valence-electron chi connectivity index (χ2n) is 4.89. The zero-order chi connectivity index (χ0) is 17.7. The summed E-state index contributed by atoms with van der Waals surface area (Å²) in [5, 5.41) is 3.12. The highest BCUT2D eigenvalue weighted by Gasteiger charge is 2.20. The number of hydrogen-bond donors (Lipinski definition) is 1. The van der Waals surface area contributed by atoms with E-state index in [9.17, 15) is 14.0 Å². The van der Waals surface area contributed by atoms with Crippen LogP contribution < -0.4 is 10.1 Å². The average molecular weight is 352 g/mol. The van der Waals surface area contributed by atoms with Crippen molar-refractivity contribution in [2.75, 3.05) is 12.4 Å². The van der Waals surface area contributed by atoms with Crippen molar-refractivity contribution in [2.45, 2.75) is 13.0 Å². The van der Waals surface area contributed by atoms with Crippen LogP contribution in [0.25, 0.3) is 0 Å². The van der Waals surface area contributed by atoms with Gasteiger partial charge < -0.3 is 14.8 Å². The Morgan fingerprint density at radius 3 is 2.42 bits per heavy atom. The Bertz CT molecular complexity index is 749. The highest BCUT2D eigenvalue weighted by molar-refractivity contribution is 6.30. The standard InChI is InChI=1S/C17H15ClFNO4/c1-10(16(21)20-13-6-4-12(18)5-7-13)24-17(22)11-3-8-15(23-2)14(19)9-11/h3-10H,1-2H3,(H,20,21)/t10-/m1/s1. The molecule has 0 saturated carbocycles. The van der Waals surface area contributed by atoms with Gasteiger partial charge >= 0.3 is 5.97 Å². The van der Waals surface area contributed by atoms with Crippen molar-refractivity contribution in [3.8, 4) is 5.75 Å². The topological polar surface area (TPSA) is 64.6 Å². The number of carbonyl (C=O) groups is 2. The van der Waals surface area contributed by atoms with E-state index in [1.165, 1.54) is 26.2 Å².